The number of hydrogen-bond acceptors (Lipinski definition) is 3. The summed E-state index contributed by atoms with van der Waals surface area (Å²) in [7, 11) is 1.57. The molecule has 0 aromatic heterocycles. The van der Waals surface area contributed by atoms with Gasteiger partial charge in [-0.3, -0.25) is 9.59 Å². The summed E-state index contributed by atoms with van der Waals surface area (Å²) in [5, 5.41) is 2.81. The number of anilines is 1. The van der Waals surface area contributed by atoms with Gasteiger partial charge in [-0.1, -0.05) is 24.3 Å². The molecule has 128 valence electrons. The van der Waals surface area contributed by atoms with Crippen molar-refractivity contribution < 1.29 is 18.7 Å². The number of ether oxygens (including phenoxy) is 1. The first-order valence-electron chi connectivity index (χ1n) is 8.12. The zero-order valence-electron chi connectivity index (χ0n) is 13.7. The minimum absolute atomic E-state index is 0.156. The van der Waals surface area contributed by atoms with Crippen molar-refractivity contribution in [2.24, 2.45) is 0 Å². The normalized spacial score (nSPS) is 22.2. The highest BCUT2D eigenvalue weighted by molar-refractivity contribution is 6.10. The van der Waals surface area contributed by atoms with Crippen molar-refractivity contribution in [2.75, 3.05) is 19.0 Å². The zero-order chi connectivity index (χ0) is 17.6. The van der Waals surface area contributed by atoms with Crippen LogP contribution in [0.25, 0.3) is 11.1 Å². The first-order valence-corrected chi connectivity index (χ1v) is 8.12. The van der Waals surface area contributed by atoms with Crippen molar-refractivity contribution in [3.63, 3.8) is 0 Å². The molecule has 2 aliphatic rings. The molecule has 2 aliphatic heterocycles. The van der Waals surface area contributed by atoms with Gasteiger partial charge in [-0.25, -0.2) is 4.39 Å². The van der Waals surface area contributed by atoms with Gasteiger partial charge >= 0.3 is 0 Å². The fourth-order valence-corrected chi connectivity index (χ4v) is 3.51. The van der Waals surface area contributed by atoms with E-state index in [0.717, 1.165) is 0 Å². The zero-order valence-corrected chi connectivity index (χ0v) is 13.7. The van der Waals surface area contributed by atoms with E-state index in [-0.39, 0.29) is 23.7 Å². The Morgan fingerprint density at radius 1 is 1.16 bits per heavy atom. The Bertz CT molecular complexity index is 867. The summed E-state index contributed by atoms with van der Waals surface area (Å²) in [5.74, 6) is -0.813. The van der Waals surface area contributed by atoms with E-state index in [0.29, 0.717) is 35.3 Å². The van der Waals surface area contributed by atoms with Gasteiger partial charge in [-0.05, 0) is 23.8 Å². The van der Waals surface area contributed by atoms with Crippen molar-refractivity contribution in [2.45, 2.75) is 18.6 Å². The summed E-state index contributed by atoms with van der Waals surface area (Å²) in [6, 6.07) is 10.9. The number of carbonyl (C=O) groups excluding carboxylic acids is 2. The number of nitrogens with one attached hydrogen (secondary N) is 1. The molecule has 0 saturated carbocycles. The first-order chi connectivity index (χ1) is 12.1. The quantitative estimate of drug-likeness (QED) is 0.914. The SMILES string of the molecule is CO[C@@H]1C[C@H]2C(=O)Nc3ccc(-c4ccccc4F)cc3C(=O)N2C1. The number of amides is 2. The second-order valence-electron chi connectivity index (χ2n) is 6.30. The van der Waals surface area contributed by atoms with Crippen LogP contribution in [-0.2, 0) is 9.53 Å². The van der Waals surface area contributed by atoms with Crippen LogP contribution < -0.4 is 5.32 Å². The minimum Gasteiger partial charge on any atom is -0.380 e. The summed E-state index contributed by atoms with van der Waals surface area (Å²) in [5.41, 5.74) is 1.84. The van der Waals surface area contributed by atoms with Crippen LogP contribution >= 0.6 is 0 Å². The second kappa shape index (κ2) is 5.97. The van der Waals surface area contributed by atoms with Crippen molar-refractivity contribution in [3.8, 4) is 11.1 Å². The van der Waals surface area contributed by atoms with Gasteiger partial charge in [0, 0.05) is 25.6 Å². The highest BCUT2D eigenvalue weighted by Gasteiger charge is 2.42. The molecule has 0 spiro atoms. The van der Waals surface area contributed by atoms with Gasteiger partial charge in [0.15, 0.2) is 0 Å². The molecular formula is C19H17FN2O3. The van der Waals surface area contributed by atoms with Crippen LogP contribution in [0.3, 0.4) is 0 Å². The van der Waals surface area contributed by atoms with Crippen LogP contribution in [0.5, 0.6) is 0 Å². The number of fused-ring (bicyclic) bond motifs is 2. The monoisotopic (exact) mass is 340 g/mol. The number of rotatable bonds is 2. The van der Waals surface area contributed by atoms with E-state index in [4.69, 9.17) is 4.74 Å². The average Bonchev–Trinajstić information content (AvgIpc) is 3.03. The maximum Gasteiger partial charge on any atom is 0.256 e. The molecule has 2 aromatic rings. The Balaban J connectivity index is 1.78. The van der Waals surface area contributed by atoms with Crippen molar-refractivity contribution in [1.29, 1.82) is 0 Å². The van der Waals surface area contributed by atoms with Gasteiger partial charge < -0.3 is 15.0 Å². The fourth-order valence-electron chi connectivity index (χ4n) is 3.51. The lowest BCUT2D eigenvalue weighted by Gasteiger charge is -2.20. The van der Waals surface area contributed by atoms with Crippen molar-refractivity contribution in [1.82, 2.24) is 4.90 Å². The summed E-state index contributed by atoms with van der Waals surface area (Å²) >= 11 is 0. The van der Waals surface area contributed by atoms with Gasteiger partial charge in [0.2, 0.25) is 5.91 Å². The van der Waals surface area contributed by atoms with Gasteiger partial charge in [0.1, 0.15) is 11.9 Å². The fraction of sp³-hybridized carbons (Fsp3) is 0.263. The van der Waals surface area contributed by atoms with Crippen LogP contribution in [0.4, 0.5) is 10.1 Å². The van der Waals surface area contributed by atoms with E-state index < -0.39 is 6.04 Å². The smallest absolute Gasteiger partial charge is 0.256 e. The lowest BCUT2D eigenvalue weighted by atomic mass is 10.0. The van der Waals surface area contributed by atoms with Crippen LogP contribution in [-0.4, -0.2) is 42.5 Å². The third kappa shape index (κ3) is 2.59. The van der Waals surface area contributed by atoms with Crippen LogP contribution in [0.2, 0.25) is 0 Å². The second-order valence-corrected chi connectivity index (χ2v) is 6.30. The Hall–Kier alpha value is -2.73. The van der Waals surface area contributed by atoms with Crippen LogP contribution in [0.15, 0.2) is 42.5 Å². The lowest BCUT2D eigenvalue weighted by Crippen LogP contribution is -2.40. The number of carbonyl (C=O) groups is 2. The van der Waals surface area contributed by atoms with Crippen LogP contribution in [0, 0.1) is 5.82 Å². The van der Waals surface area contributed by atoms with Gasteiger partial charge in [0.25, 0.3) is 5.91 Å². The van der Waals surface area contributed by atoms with Gasteiger partial charge in [-0.2, -0.15) is 0 Å². The topological polar surface area (TPSA) is 58.6 Å². The summed E-state index contributed by atoms with van der Waals surface area (Å²) in [4.78, 5) is 27.0. The Morgan fingerprint density at radius 3 is 2.72 bits per heavy atom. The Kier molecular flexibility index (Phi) is 3.77. The van der Waals surface area contributed by atoms with E-state index in [1.807, 2.05) is 0 Å². The summed E-state index contributed by atoms with van der Waals surface area (Å²) in [6.07, 6.45) is 0.318. The van der Waals surface area contributed by atoms with E-state index in [2.05, 4.69) is 5.32 Å². The van der Waals surface area contributed by atoms with Gasteiger partial charge in [-0.15, -0.1) is 0 Å². The van der Waals surface area contributed by atoms with Gasteiger partial charge in [0.05, 0.1) is 17.4 Å². The molecule has 1 fully saturated rings. The Morgan fingerprint density at radius 2 is 1.96 bits per heavy atom. The number of halogens is 1. The minimum atomic E-state index is -0.540. The predicted octanol–water partition coefficient (Wildman–Crippen LogP) is 2.67. The van der Waals surface area contributed by atoms with E-state index in [1.165, 1.54) is 6.07 Å². The van der Waals surface area contributed by atoms with E-state index >= 15 is 0 Å². The molecule has 25 heavy (non-hydrogen) atoms. The molecule has 0 unspecified atom stereocenters. The molecule has 0 bridgehead atoms. The molecule has 6 heteroatoms. The first kappa shape index (κ1) is 15.8. The molecular weight excluding hydrogens is 323 g/mol. The molecule has 5 nitrogen and oxygen atoms in total. The molecule has 2 atom stereocenters. The molecule has 1 saturated heterocycles. The maximum atomic E-state index is 14.1. The van der Waals surface area contributed by atoms with Crippen LogP contribution in [0.1, 0.15) is 16.8 Å². The summed E-state index contributed by atoms with van der Waals surface area (Å²) < 4.78 is 19.4. The lowest BCUT2D eigenvalue weighted by molar-refractivity contribution is -0.119. The van der Waals surface area contributed by atoms with Crippen molar-refractivity contribution >= 4 is 17.5 Å². The maximum absolute atomic E-state index is 14.1. The third-order valence-electron chi connectivity index (χ3n) is 4.85. The molecule has 4 rings (SSSR count). The van der Waals surface area contributed by atoms with E-state index in [1.54, 1.807) is 48.4 Å². The molecule has 2 amide bonds. The molecule has 2 heterocycles. The third-order valence-corrected chi connectivity index (χ3v) is 4.85. The Labute approximate surface area is 144 Å². The number of nitrogens with zero attached hydrogens (tertiary/aromatic N) is 1. The van der Waals surface area contributed by atoms with E-state index in [9.17, 15) is 14.0 Å². The molecule has 0 aliphatic carbocycles. The highest BCUT2D eigenvalue weighted by atomic mass is 19.1. The highest BCUT2D eigenvalue weighted by Crippen LogP contribution is 2.33. The molecule has 2 aromatic carbocycles. The largest absolute Gasteiger partial charge is 0.380 e. The number of hydrogen-bond donors (Lipinski definition) is 1. The molecule has 1 N–H and O–H groups in total. The average molecular weight is 340 g/mol. The number of benzene rings is 2. The van der Waals surface area contributed by atoms with Crippen molar-refractivity contribution in [3.05, 3.63) is 53.8 Å². The summed E-state index contributed by atoms with van der Waals surface area (Å²) in [6.45, 7) is 0.372. The predicted molar refractivity (Wildman–Crippen MR) is 90.7 cm³/mol. The molecule has 0 radical (unpaired) electrons. The standard InChI is InChI=1S/C19H17FN2O3/c1-25-12-9-17-18(23)21-16-7-6-11(13-4-2-3-5-15(13)20)8-14(16)19(24)22(17)10-12/h2-8,12,17H,9-10H2,1H3,(H,21,23)/t12-,17+/m1/s1. The number of methoxy groups -OCH3 is 1.